The van der Waals surface area contributed by atoms with Crippen molar-refractivity contribution in [3.05, 3.63) is 0 Å². The summed E-state index contributed by atoms with van der Waals surface area (Å²) in [7, 11) is 0. The van der Waals surface area contributed by atoms with Crippen molar-refractivity contribution in [3.8, 4) is 6.07 Å². The van der Waals surface area contributed by atoms with Crippen LogP contribution >= 0.6 is 0 Å². The molecule has 0 aliphatic heterocycles. The van der Waals surface area contributed by atoms with Gasteiger partial charge in [-0.15, -0.1) is 0 Å². The van der Waals surface area contributed by atoms with Gasteiger partial charge in [-0.05, 0) is 18.3 Å². The van der Waals surface area contributed by atoms with E-state index in [4.69, 9.17) is 5.26 Å². The number of hydrogen-bond acceptors (Lipinski definition) is 2. The van der Waals surface area contributed by atoms with E-state index in [0.717, 1.165) is 6.54 Å². The molecule has 2 nitrogen and oxygen atoms in total. The van der Waals surface area contributed by atoms with E-state index in [9.17, 15) is 0 Å². The maximum absolute atomic E-state index is 8.17. The normalized spacial score (nSPS) is 20.9. The molecule has 50 valence electrons. The van der Waals surface area contributed by atoms with E-state index in [1.165, 1.54) is 12.8 Å². The molecule has 0 heterocycles. The Hall–Kier alpha value is -0.550. The molecule has 1 saturated carbocycles. The molecule has 0 aromatic carbocycles. The van der Waals surface area contributed by atoms with Crippen molar-refractivity contribution < 1.29 is 0 Å². The van der Waals surface area contributed by atoms with E-state index >= 15 is 0 Å². The Morgan fingerprint density at radius 3 is 2.78 bits per heavy atom. The summed E-state index contributed by atoms with van der Waals surface area (Å²) in [4.78, 5) is 0. The predicted molar refractivity (Wildman–Crippen MR) is 35.8 cm³/mol. The molecule has 0 spiro atoms. The Morgan fingerprint density at radius 2 is 2.33 bits per heavy atom. The summed E-state index contributed by atoms with van der Waals surface area (Å²) in [5.74, 6) is 0. The van der Waals surface area contributed by atoms with Crippen molar-refractivity contribution in [1.82, 2.24) is 5.32 Å². The largest absolute Gasteiger partial charge is 0.304 e. The van der Waals surface area contributed by atoms with Crippen LogP contribution in [0.4, 0.5) is 0 Å². The zero-order valence-corrected chi connectivity index (χ0v) is 5.78. The average Bonchev–Trinajstić information content (AvgIpc) is 2.50. The summed E-state index contributed by atoms with van der Waals surface area (Å²) in [5, 5.41) is 11.2. The first kappa shape index (κ1) is 6.57. The quantitative estimate of drug-likeness (QED) is 0.448. The molecule has 0 aromatic heterocycles. The summed E-state index contributed by atoms with van der Waals surface area (Å²) in [6, 6.07) is 2.06. The fourth-order valence-corrected chi connectivity index (χ4v) is 0.810. The summed E-state index contributed by atoms with van der Waals surface area (Å²) >= 11 is 0. The second kappa shape index (κ2) is 2.36. The summed E-state index contributed by atoms with van der Waals surface area (Å²) in [6.45, 7) is 3.76. The number of rotatable bonds is 3. The molecule has 1 aliphatic rings. The van der Waals surface area contributed by atoms with Crippen LogP contribution in [0.25, 0.3) is 0 Å². The van der Waals surface area contributed by atoms with Gasteiger partial charge in [0.15, 0.2) is 0 Å². The molecule has 0 amide bonds. The highest BCUT2D eigenvalue weighted by molar-refractivity contribution is 4.91. The zero-order chi connectivity index (χ0) is 6.74. The summed E-state index contributed by atoms with van der Waals surface area (Å²) in [6.07, 6.45) is 2.65. The van der Waals surface area contributed by atoms with Crippen molar-refractivity contribution in [2.24, 2.45) is 5.41 Å². The maximum atomic E-state index is 8.17. The monoisotopic (exact) mass is 124 g/mol. The van der Waals surface area contributed by atoms with Gasteiger partial charge in [0, 0.05) is 6.54 Å². The van der Waals surface area contributed by atoms with Crippen molar-refractivity contribution in [1.29, 1.82) is 5.26 Å². The van der Waals surface area contributed by atoms with Crippen LogP contribution in [0.5, 0.6) is 0 Å². The van der Waals surface area contributed by atoms with E-state index in [1.807, 2.05) is 0 Å². The van der Waals surface area contributed by atoms with E-state index in [0.29, 0.717) is 12.0 Å². The van der Waals surface area contributed by atoms with Crippen molar-refractivity contribution in [2.45, 2.75) is 19.8 Å². The minimum atomic E-state index is 0.496. The highest BCUT2D eigenvalue weighted by atomic mass is 14.9. The molecule has 1 N–H and O–H groups in total. The molecule has 0 radical (unpaired) electrons. The van der Waals surface area contributed by atoms with E-state index < -0.39 is 0 Å². The minimum absolute atomic E-state index is 0.496. The van der Waals surface area contributed by atoms with Gasteiger partial charge in [-0.3, -0.25) is 0 Å². The number of nitriles is 1. The van der Waals surface area contributed by atoms with Crippen molar-refractivity contribution >= 4 is 0 Å². The van der Waals surface area contributed by atoms with Gasteiger partial charge in [-0.2, -0.15) is 5.26 Å². The third-order valence-electron chi connectivity index (χ3n) is 1.86. The van der Waals surface area contributed by atoms with Gasteiger partial charge in [0.25, 0.3) is 0 Å². The van der Waals surface area contributed by atoms with Gasteiger partial charge >= 0.3 is 0 Å². The Bertz CT molecular complexity index is 130. The lowest BCUT2D eigenvalue weighted by Gasteiger charge is -2.05. The Kier molecular flexibility index (Phi) is 1.73. The van der Waals surface area contributed by atoms with E-state index in [-0.39, 0.29) is 0 Å². The molecular weight excluding hydrogens is 112 g/mol. The minimum Gasteiger partial charge on any atom is -0.304 e. The fraction of sp³-hybridized carbons (Fsp3) is 0.857. The van der Waals surface area contributed by atoms with Crippen molar-refractivity contribution in [3.63, 3.8) is 0 Å². The third kappa shape index (κ3) is 2.03. The lowest BCUT2D eigenvalue weighted by atomic mass is 10.1. The highest BCUT2D eigenvalue weighted by Gasteiger charge is 2.36. The van der Waals surface area contributed by atoms with Crippen LogP contribution in [0.1, 0.15) is 19.8 Å². The van der Waals surface area contributed by atoms with E-state index in [2.05, 4.69) is 18.3 Å². The van der Waals surface area contributed by atoms with Gasteiger partial charge in [-0.25, -0.2) is 0 Å². The summed E-state index contributed by atoms with van der Waals surface area (Å²) in [5.41, 5.74) is 0.539. The van der Waals surface area contributed by atoms with Crippen molar-refractivity contribution in [2.75, 3.05) is 13.1 Å². The van der Waals surface area contributed by atoms with Crippen LogP contribution in [-0.2, 0) is 0 Å². The maximum Gasteiger partial charge on any atom is 0.0841 e. The smallest absolute Gasteiger partial charge is 0.0841 e. The lowest BCUT2D eigenvalue weighted by molar-refractivity contribution is 0.520. The highest BCUT2D eigenvalue weighted by Crippen LogP contribution is 2.43. The van der Waals surface area contributed by atoms with Crippen LogP contribution < -0.4 is 5.32 Å². The fourth-order valence-electron chi connectivity index (χ4n) is 0.810. The van der Waals surface area contributed by atoms with Gasteiger partial charge in [0.05, 0.1) is 12.6 Å². The van der Waals surface area contributed by atoms with Gasteiger partial charge in [-0.1, -0.05) is 6.92 Å². The van der Waals surface area contributed by atoms with Crippen LogP contribution in [-0.4, -0.2) is 13.1 Å². The lowest BCUT2D eigenvalue weighted by Crippen LogP contribution is -2.21. The van der Waals surface area contributed by atoms with E-state index in [1.54, 1.807) is 0 Å². The summed E-state index contributed by atoms with van der Waals surface area (Å²) < 4.78 is 0. The molecule has 0 unspecified atom stereocenters. The number of nitrogens with zero attached hydrogens (tertiary/aromatic N) is 1. The third-order valence-corrected chi connectivity index (χ3v) is 1.86. The average molecular weight is 124 g/mol. The van der Waals surface area contributed by atoms with Gasteiger partial charge in [0.2, 0.25) is 0 Å². The first-order chi connectivity index (χ1) is 4.27. The van der Waals surface area contributed by atoms with Gasteiger partial charge in [0.1, 0.15) is 0 Å². The SMILES string of the molecule is CC1(CNCC#N)CC1. The molecule has 1 fully saturated rings. The standard InChI is InChI=1S/C7H12N2/c1-7(2-3-7)6-9-5-4-8/h9H,2-3,5-6H2,1H3. The number of hydrogen-bond donors (Lipinski definition) is 1. The molecular formula is C7H12N2. The molecule has 0 aromatic rings. The van der Waals surface area contributed by atoms with Crippen LogP contribution in [0, 0.1) is 16.7 Å². The molecule has 2 heteroatoms. The Morgan fingerprint density at radius 1 is 1.67 bits per heavy atom. The zero-order valence-electron chi connectivity index (χ0n) is 5.78. The second-order valence-corrected chi connectivity index (χ2v) is 3.07. The molecule has 0 bridgehead atoms. The van der Waals surface area contributed by atoms with Crippen LogP contribution in [0.2, 0.25) is 0 Å². The molecule has 1 rings (SSSR count). The Labute approximate surface area is 55.9 Å². The molecule has 9 heavy (non-hydrogen) atoms. The Balaban J connectivity index is 2.00. The first-order valence-corrected chi connectivity index (χ1v) is 3.34. The topological polar surface area (TPSA) is 35.8 Å². The van der Waals surface area contributed by atoms with Gasteiger partial charge < -0.3 is 5.32 Å². The van der Waals surface area contributed by atoms with Crippen LogP contribution in [0.15, 0.2) is 0 Å². The predicted octanol–water partition coefficient (Wildman–Crippen LogP) is 0.900. The molecule has 0 atom stereocenters. The molecule has 0 saturated heterocycles. The second-order valence-electron chi connectivity index (χ2n) is 3.07. The van der Waals surface area contributed by atoms with Crippen LogP contribution in [0.3, 0.4) is 0 Å². The number of nitrogens with one attached hydrogen (secondary N) is 1. The molecule has 1 aliphatic carbocycles. The first-order valence-electron chi connectivity index (χ1n) is 3.34.